The first-order valence-electron chi connectivity index (χ1n) is 6.14. The van der Waals surface area contributed by atoms with E-state index in [4.69, 9.17) is 31.3 Å². The molecule has 0 radical (unpaired) electrons. The molecule has 0 spiro atoms. The zero-order valence-electron chi connectivity index (χ0n) is 12.4. The molecule has 6 nitrogen and oxygen atoms in total. The van der Waals surface area contributed by atoms with Gasteiger partial charge in [0.1, 0.15) is 5.75 Å². The van der Waals surface area contributed by atoms with Gasteiger partial charge in [0.25, 0.3) is 5.56 Å². The maximum absolute atomic E-state index is 11.4. The number of halogens is 1. The predicted molar refractivity (Wildman–Crippen MR) is 78.0 cm³/mol. The summed E-state index contributed by atoms with van der Waals surface area (Å²) in [6, 6.07) is 9.07. The van der Waals surface area contributed by atoms with Crippen LogP contribution in [0.1, 0.15) is 6.42 Å². The van der Waals surface area contributed by atoms with Crippen molar-refractivity contribution in [2.45, 2.75) is 6.42 Å². The summed E-state index contributed by atoms with van der Waals surface area (Å²) in [5.74, 6) is 1.41. The molecule has 8 heteroatoms. The summed E-state index contributed by atoms with van der Waals surface area (Å²) in [5.41, 5.74) is 0.899. The molecule has 1 aromatic carbocycles. The van der Waals surface area contributed by atoms with Crippen LogP contribution in [0.2, 0.25) is 0 Å². The number of fused-ring (bicyclic) bond motifs is 1. The Hall–Kier alpha value is -0.574. The molecular formula is C14H15ClKNO5. The summed E-state index contributed by atoms with van der Waals surface area (Å²) >= 11 is 5.58. The fraction of sp³-hybridized carbons (Fsp3) is 0.286. The number of ether oxygens (including phenoxy) is 1. The number of nitrogens with zero attached hydrogens (tertiary/aromatic N) is 1. The van der Waals surface area contributed by atoms with E-state index in [1.165, 1.54) is 0 Å². The molecule has 1 aromatic heterocycles. The van der Waals surface area contributed by atoms with E-state index in [9.17, 15) is 4.79 Å². The van der Waals surface area contributed by atoms with E-state index in [-0.39, 0.29) is 56.9 Å². The van der Waals surface area contributed by atoms with Crippen LogP contribution < -0.4 is 66.8 Å². The van der Waals surface area contributed by atoms with Crippen LogP contribution in [0.25, 0.3) is 10.9 Å². The topological polar surface area (TPSA) is 91.6 Å². The number of hydrogen-bond acceptors (Lipinski definition) is 4. The Kier molecular flexibility index (Phi) is 10.8. The second-order valence-corrected chi connectivity index (χ2v) is 4.49. The number of rotatable bonds is 4. The van der Waals surface area contributed by atoms with Crippen molar-refractivity contribution in [3.05, 3.63) is 40.7 Å². The number of carboxylic acid groups (broad SMARTS) is 2. The third-order valence-corrected chi connectivity index (χ3v) is 2.91. The average molecular weight is 352 g/mol. The predicted octanol–water partition coefficient (Wildman–Crippen LogP) is -1.56. The Morgan fingerprint density at radius 1 is 1.36 bits per heavy atom. The molecule has 0 aliphatic heterocycles. The zero-order valence-corrected chi connectivity index (χ0v) is 16.3. The largest absolute Gasteiger partial charge is 1.00 e. The number of hydrogen-bond donors (Lipinski definition) is 1. The van der Waals surface area contributed by atoms with Crippen molar-refractivity contribution in [3.63, 3.8) is 0 Å². The Bertz CT molecular complexity index is 670. The van der Waals surface area contributed by atoms with Gasteiger partial charge in [0.15, 0.2) is 0 Å². The molecular weight excluding hydrogens is 337 g/mol. The molecule has 0 unspecified atom stereocenters. The molecule has 2 rings (SSSR count). The first-order chi connectivity index (χ1) is 9.95. The summed E-state index contributed by atoms with van der Waals surface area (Å²) in [6.07, 6.45) is -1.26. The van der Waals surface area contributed by atoms with Crippen LogP contribution in [-0.4, -0.2) is 28.3 Å². The van der Waals surface area contributed by atoms with Gasteiger partial charge in [-0.2, -0.15) is 0 Å². The van der Waals surface area contributed by atoms with Crippen molar-refractivity contribution in [2.24, 2.45) is 7.05 Å². The van der Waals surface area contributed by atoms with Gasteiger partial charge in [-0.05, 0) is 30.7 Å². The fourth-order valence-electron chi connectivity index (χ4n) is 1.70. The smallest absolute Gasteiger partial charge is 0.565 e. The van der Waals surface area contributed by atoms with Crippen molar-refractivity contribution >= 4 is 28.7 Å². The summed E-state index contributed by atoms with van der Waals surface area (Å²) in [7, 11) is 1.76. The number of aryl methyl sites for hydroxylation is 1. The Morgan fingerprint density at radius 2 is 2.00 bits per heavy atom. The number of alkyl halides is 1. The van der Waals surface area contributed by atoms with Gasteiger partial charge in [0, 0.05) is 24.4 Å². The molecule has 2 aromatic rings. The molecule has 0 aliphatic carbocycles. The van der Waals surface area contributed by atoms with Crippen molar-refractivity contribution in [3.8, 4) is 5.75 Å². The number of pyridine rings is 1. The molecule has 0 bridgehead atoms. The minimum absolute atomic E-state index is 0. The summed E-state index contributed by atoms with van der Waals surface area (Å²) in [4.78, 5) is 19.9. The fourth-order valence-corrected chi connectivity index (χ4v) is 1.81. The molecule has 0 saturated heterocycles. The molecule has 0 saturated carbocycles. The van der Waals surface area contributed by atoms with Crippen molar-refractivity contribution in [2.75, 3.05) is 12.5 Å². The SMILES string of the molecule is Cn1c(=O)ccc2cc(OCCCCl)ccc21.O=C([O-])O.[K+]. The second-order valence-electron chi connectivity index (χ2n) is 4.11. The van der Waals surface area contributed by atoms with Crippen LogP contribution in [0.4, 0.5) is 4.79 Å². The van der Waals surface area contributed by atoms with Crippen LogP contribution in [-0.2, 0) is 7.05 Å². The Labute approximate surface area is 175 Å². The zero-order chi connectivity index (χ0) is 15.8. The van der Waals surface area contributed by atoms with E-state index in [1.54, 1.807) is 17.7 Å². The van der Waals surface area contributed by atoms with E-state index < -0.39 is 6.16 Å². The number of benzene rings is 1. The maximum atomic E-state index is 11.4. The van der Waals surface area contributed by atoms with E-state index >= 15 is 0 Å². The minimum atomic E-state index is -2.08. The van der Waals surface area contributed by atoms with Gasteiger partial charge in [-0.1, -0.05) is 0 Å². The second kappa shape index (κ2) is 11.0. The third kappa shape index (κ3) is 7.12. The van der Waals surface area contributed by atoms with E-state index in [0.717, 1.165) is 23.1 Å². The van der Waals surface area contributed by atoms with E-state index in [1.807, 2.05) is 24.3 Å². The summed E-state index contributed by atoms with van der Waals surface area (Å²) in [6.45, 7) is 0.612. The van der Waals surface area contributed by atoms with E-state index in [0.29, 0.717) is 12.5 Å². The standard InChI is InChI=1S/C13H14ClNO2.CH2O3.K/c1-15-12-5-4-11(17-8-2-7-14)9-10(12)3-6-13(15)16;2-1(3)4;/h3-6,9H,2,7-8H2,1H3;(H2,2,3,4);/q;;+1/p-1. The van der Waals surface area contributed by atoms with Crippen LogP contribution in [0.3, 0.4) is 0 Å². The maximum Gasteiger partial charge on any atom is 1.00 e. The minimum Gasteiger partial charge on any atom is -0.565 e. The van der Waals surface area contributed by atoms with Crippen molar-refractivity contribution in [1.29, 1.82) is 0 Å². The van der Waals surface area contributed by atoms with Gasteiger partial charge in [-0.25, -0.2) is 0 Å². The average Bonchev–Trinajstić information content (AvgIpc) is 2.43. The molecule has 0 amide bonds. The Balaban J connectivity index is 0.000000791. The van der Waals surface area contributed by atoms with Crippen molar-refractivity contribution < 1.29 is 71.1 Å². The first-order valence-corrected chi connectivity index (χ1v) is 6.67. The molecule has 0 fully saturated rings. The van der Waals surface area contributed by atoms with Gasteiger partial charge in [0.2, 0.25) is 6.16 Å². The molecule has 1 N–H and O–H groups in total. The normalized spacial score (nSPS) is 9.36. The molecule has 1 heterocycles. The summed E-state index contributed by atoms with van der Waals surface area (Å²) in [5, 5.41) is 16.3. The van der Waals surface area contributed by atoms with Crippen LogP contribution >= 0.6 is 11.6 Å². The number of aromatic nitrogens is 1. The van der Waals surface area contributed by atoms with Gasteiger partial charge < -0.3 is 24.3 Å². The third-order valence-electron chi connectivity index (χ3n) is 2.64. The summed E-state index contributed by atoms with van der Waals surface area (Å²) < 4.78 is 7.18. The van der Waals surface area contributed by atoms with Crippen LogP contribution in [0.15, 0.2) is 35.1 Å². The first kappa shape index (κ1) is 21.4. The van der Waals surface area contributed by atoms with Gasteiger partial charge in [0.05, 0.1) is 12.1 Å². The van der Waals surface area contributed by atoms with Crippen molar-refractivity contribution in [1.82, 2.24) is 4.57 Å². The Morgan fingerprint density at radius 3 is 2.59 bits per heavy atom. The quantitative estimate of drug-likeness (QED) is 0.408. The molecule has 114 valence electrons. The molecule has 22 heavy (non-hydrogen) atoms. The molecule has 0 atom stereocenters. The monoisotopic (exact) mass is 351 g/mol. The number of carbonyl (C=O) groups is 1. The van der Waals surface area contributed by atoms with Gasteiger partial charge >= 0.3 is 51.4 Å². The molecule has 0 aliphatic rings. The van der Waals surface area contributed by atoms with E-state index in [2.05, 4.69) is 0 Å². The van der Waals surface area contributed by atoms with Gasteiger partial charge in [-0.3, -0.25) is 4.79 Å². The van der Waals surface area contributed by atoms with Crippen LogP contribution in [0.5, 0.6) is 5.75 Å². The van der Waals surface area contributed by atoms with Gasteiger partial charge in [-0.15, -0.1) is 11.6 Å². The van der Waals surface area contributed by atoms with Crippen LogP contribution in [0, 0.1) is 0 Å².